The van der Waals surface area contributed by atoms with Gasteiger partial charge in [0.2, 0.25) is 0 Å². The molecular weight excluding hydrogens is 244 g/mol. The van der Waals surface area contributed by atoms with Gasteiger partial charge in [0, 0.05) is 18.9 Å². The van der Waals surface area contributed by atoms with E-state index in [1.807, 2.05) is 19.1 Å². The van der Waals surface area contributed by atoms with Crippen molar-refractivity contribution in [3.05, 3.63) is 24.0 Å². The topological polar surface area (TPSA) is 74.3 Å². The number of aromatic nitrogens is 1. The van der Waals surface area contributed by atoms with Gasteiger partial charge in [0.1, 0.15) is 5.54 Å². The zero-order chi connectivity index (χ0) is 14.0. The van der Waals surface area contributed by atoms with Crippen LogP contribution in [0.25, 0.3) is 0 Å². The molecule has 1 atom stereocenters. The lowest BCUT2D eigenvalue weighted by Gasteiger charge is -2.19. The van der Waals surface area contributed by atoms with Crippen LogP contribution in [0.1, 0.15) is 26.0 Å². The van der Waals surface area contributed by atoms with Crippen LogP contribution < -0.4 is 10.6 Å². The van der Waals surface area contributed by atoms with Crippen LogP contribution in [0.3, 0.4) is 0 Å². The summed E-state index contributed by atoms with van der Waals surface area (Å²) in [6, 6.07) is 3.29. The molecule has 1 unspecified atom stereocenters. The van der Waals surface area contributed by atoms with Crippen molar-refractivity contribution in [2.75, 3.05) is 12.4 Å². The molecule has 6 heteroatoms. The monoisotopic (exact) mass is 262 g/mol. The molecule has 1 aromatic heterocycles. The summed E-state index contributed by atoms with van der Waals surface area (Å²) in [4.78, 5) is 29.5. The number of hydrogen-bond donors (Lipinski definition) is 2. The van der Waals surface area contributed by atoms with Gasteiger partial charge in [-0.2, -0.15) is 0 Å². The first-order valence-corrected chi connectivity index (χ1v) is 6.27. The number of carbonyl (C=O) groups excluding carboxylic acids is 2. The Hall–Kier alpha value is -2.11. The van der Waals surface area contributed by atoms with Crippen molar-refractivity contribution in [3.8, 4) is 0 Å². The summed E-state index contributed by atoms with van der Waals surface area (Å²) >= 11 is 0. The summed E-state index contributed by atoms with van der Waals surface area (Å²) in [7, 11) is 1.81. The fourth-order valence-electron chi connectivity index (χ4n) is 2.01. The number of nitrogens with one attached hydrogen (secondary N) is 2. The normalized spacial score (nSPS) is 22.6. The van der Waals surface area contributed by atoms with Gasteiger partial charge in [-0.1, -0.05) is 6.92 Å². The van der Waals surface area contributed by atoms with Crippen molar-refractivity contribution in [3.63, 3.8) is 0 Å². The van der Waals surface area contributed by atoms with E-state index < -0.39 is 5.54 Å². The zero-order valence-electron chi connectivity index (χ0n) is 11.4. The molecule has 0 aromatic carbocycles. The van der Waals surface area contributed by atoms with Gasteiger partial charge in [-0.15, -0.1) is 0 Å². The number of amides is 3. The summed E-state index contributed by atoms with van der Waals surface area (Å²) in [5.74, 6) is -0.198. The fraction of sp³-hybridized carbons (Fsp3) is 0.462. The molecule has 2 N–H and O–H groups in total. The minimum absolute atomic E-state index is 0.190. The zero-order valence-corrected chi connectivity index (χ0v) is 11.4. The quantitative estimate of drug-likeness (QED) is 0.803. The van der Waals surface area contributed by atoms with Crippen LogP contribution in [0.15, 0.2) is 18.3 Å². The lowest BCUT2D eigenvalue weighted by atomic mass is 9.99. The van der Waals surface area contributed by atoms with E-state index in [9.17, 15) is 9.59 Å². The molecule has 2 heterocycles. The third kappa shape index (κ3) is 2.38. The molecule has 1 aliphatic rings. The highest BCUT2D eigenvalue weighted by Crippen LogP contribution is 2.22. The van der Waals surface area contributed by atoms with E-state index in [1.54, 1.807) is 20.2 Å². The molecule has 1 aromatic rings. The highest BCUT2D eigenvalue weighted by atomic mass is 16.2. The first kappa shape index (κ1) is 13.3. The van der Waals surface area contributed by atoms with Crippen molar-refractivity contribution in [1.29, 1.82) is 0 Å². The van der Waals surface area contributed by atoms with Crippen molar-refractivity contribution in [2.45, 2.75) is 32.4 Å². The predicted octanol–water partition coefficient (Wildman–Crippen LogP) is 1.34. The molecule has 1 fully saturated rings. The maximum atomic E-state index is 12.2. The Morgan fingerprint density at radius 2 is 2.21 bits per heavy atom. The Balaban J connectivity index is 2.19. The standard InChI is InChI=1S/C13H18N4O2/c1-4-13(2)11(18)17(12(19)16-13)8-10-7-9(14-3)5-6-15-10/h5-7H,4,8H2,1-3H3,(H,14,15)(H,16,19). The van der Waals surface area contributed by atoms with Crippen LogP contribution in [0.2, 0.25) is 0 Å². The molecule has 3 amide bonds. The number of rotatable bonds is 4. The molecule has 0 aliphatic carbocycles. The van der Waals surface area contributed by atoms with Crippen LogP contribution in [0.4, 0.5) is 10.5 Å². The highest BCUT2D eigenvalue weighted by Gasteiger charge is 2.46. The van der Waals surface area contributed by atoms with Gasteiger partial charge < -0.3 is 10.6 Å². The van der Waals surface area contributed by atoms with E-state index in [-0.39, 0.29) is 18.5 Å². The van der Waals surface area contributed by atoms with Crippen LogP contribution in [0.5, 0.6) is 0 Å². The Morgan fingerprint density at radius 1 is 1.47 bits per heavy atom. The van der Waals surface area contributed by atoms with Crippen molar-refractivity contribution < 1.29 is 9.59 Å². The Morgan fingerprint density at radius 3 is 2.79 bits per heavy atom. The maximum absolute atomic E-state index is 12.2. The Kier molecular flexibility index (Phi) is 3.42. The number of carbonyl (C=O) groups is 2. The molecule has 0 bridgehead atoms. The van der Waals surface area contributed by atoms with E-state index >= 15 is 0 Å². The molecule has 1 saturated heterocycles. The van der Waals surface area contributed by atoms with E-state index in [0.717, 1.165) is 5.69 Å². The van der Waals surface area contributed by atoms with E-state index in [1.165, 1.54) is 4.90 Å². The molecule has 19 heavy (non-hydrogen) atoms. The summed E-state index contributed by atoms with van der Waals surface area (Å²) in [6.07, 6.45) is 2.22. The lowest BCUT2D eigenvalue weighted by molar-refractivity contribution is -0.131. The Bertz CT molecular complexity index is 517. The third-order valence-electron chi connectivity index (χ3n) is 3.48. The fourth-order valence-corrected chi connectivity index (χ4v) is 2.01. The summed E-state index contributed by atoms with van der Waals surface area (Å²) < 4.78 is 0. The molecule has 2 rings (SSSR count). The van der Waals surface area contributed by atoms with Gasteiger partial charge in [-0.25, -0.2) is 4.79 Å². The number of imide groups is 1. The van der Waals surface area contributed by atoms with Gasteiger partial charge in [-0.05, 0) is 25.5 Å². The van der Waals surface area contributed by atoms with E-state index in [0.29, 0.717) is 12.1 Å². The van der Waals surface area contributed by atoms with Gasteiger partial charge in [0.05, 0.1) is 12.2 Å². The SMILES string of the molecule is CCC1(C)NC(=O)N(Cc2cc(NC)ccn2)C1=O. The smallest absolute Gasteiger partial charge is 0.325 e. The first-order valence-electron chi connectivity index (χ1n) is 6.27. The summed E-state index contributed by atoms with van der Waals surface area (Å²) in [6.45, 7) is 3.81. The molecular formula is C13H18N4O2. The molecule has 102 valence electrons. The minimum atomic E-state index is -0.794. The van der Waals surface area contributed by atoms with Crippen molar-refractivity contribution in [1.82, 2.24) is 15.2 Å². The van der Waals surface area contributed by atoms with Crippen LogP contribution in [-0.4, -0.2) is 34.4 Å². The molecule has 6 nitrogen and oxygen atoms in total. The van der Waals surface area contributed by atoms with E-state index in [2.05, 4.69) is 15.6 Å². The maximum Gasteiger partial charge on any atom is 0.325 e. The third-order valence-corrected chi connectivity index (χ3v) is 3.48. The number of urea groups is 1. The minimum Gasteiger partial charge on any atom is -0.388 e. The molecule has 0 spiro atoms. The van der Waals surface area contributed by atoms with Gasteiger partial charge in [-0.3, -0.25) is 14.7 Å². The van der Waals surface area contributed by atoms with Crippen LogP contribution in [0, 0.1) is 0 Å². The second-order valence-electron chi connectivity index (χ2n) is 4.79. The van der Waals surface area contributed by atoms with Gasteiger partial charge in [0.15, 0.2) is 0 Å². The number of nitrogens with zero attached hydrogens (tertiary/aromatic N) is 2. The second-order valence-corrected chi connectivity index (χ2v) is 4.79. The summed E-state index contributed by atoms with van der Waals surface area (Å²) in [5.41, 5.74) is 0.781. The number of hydrogen-bond acceptors (Lipinski definition) is 4. The van der Waals surface area contributed by atoms with E-state index in [4.69, 9.17) is 0 Å². The molecule has 0 radical (unpaired) electrons. The largest absolute Gasteiger partial charge is 0.388 e. The second kappa shape index (κ2) is 4.87. The number of anilines is 1. The molecule has 1 aliphatic heterocycles. The Labute approximate surface area is 112 Å². The lowest BCUT2D eigenvalue weighted by Crippen LogP contribution is -2.43. The van der Waals surface area contributed by atoms with Crippen LogP contribution >= 0.6 is 0 Å². The highest BCUT2D eigenvalue weighted by molar-refractivity contribution is 6.06. The van der Waals surface area contributed by atoms with Gasteiger partial charge in [0.25, 0.3) is 5.91 Å². The predicted molar refractivity (Wildman–Crippen MR) is 71.6 cm³/mol. The first-order chi connectivity index (χ1) is 9.00. The van der Waals surface area contributed by atoms with Crippen molar-refractivity contribution in [2.24, 2.45) is 0 Å². The molecule has 0 saturated carbocycles. The van der Waals surface area contributed by atoms with Crippen molar-refractivity contribution >= 4 is 17.6 Å². The average Bonchev–Trinajstić information content (AvgIpc) is 2.63. The van der Waals surface area contributed by atoms with Gasteiger partial charge >= 0.3 is 6.03 Å². The number of pyridine rings is 1. The summed E-state index contributed by atoms with van der Waals surface area (Å²) in [5, 5.41) is 5.72. The average molecular weight is 262 g/mol. The van der Waals surface area contributed by atoms with Crippen LogP contribution in [-0.2, 0) is 11.3 Å².